The lowest BCUT2D eigenvalue weighted by atomic mass is 10.0. The van der Waals surface area contributed by atoms with Crippen molar-refractivity contribution in [3.8, 4) is 0 Å². The molecule has 0 aromatic carbocycles. The van der Waals surface area contributed by atoms with Crippen molar-refractivity contribution in [2.24, 2.45) is 0 Å². The third kappa shape index (κ3) is 75.8. The van der Waals surface area contributed by atoms with Crippen molar-refractivity contribution in [2.45, 2.75) is 523 Å². The van der Waals surface area contributed by atoms with Crippen LogP contribution in [-0.4, -0.2) is 122 Å². The highest BCUT2D eigenvalue weighted by molar-refractivity contribution is 5.96. The molecule has 14 heteroatoms. The minimum absolute atomic E-state index is 0.00584. The molecule has 0 fully saturated rings. The van der Waals surface area contributed by atoms with E-state index in [4.69, 9.17) is 18.9 Å². The summed E-state index contributed by atoms with van der Waals surface area (Å²) < 4.78 is 24.2. The maximum absolute atomic E-state index is 13.4. The van der Waals surface area contributed by atoms with E-state index in [2.05, 4.69) is 75.8 Å². The highest BCUT2D eigenvalue weighted by atomic mass is 16.6. The molecule has 0 heterocycles. The molecule has 0 aromatic heterocycles. The van der Waals surface area contributed by atoms with Crippen molar-refractivity contribution in [1.29, 1.82) is 0 Å². The maximum Gasteiger partial charge on any atom is 0.306 e. The van der Waals surface area contributed by atoms with Crippen molar-refractivity contribution in [1.82, 2.24) is 20.4 Å². The second-order valence-corrected chi connectivity index (χ2v) is 33.2. The molecule has 0 rings (SSSR count). The van der Waals surface area contributed by atoms with Crippen LogP contribution in [0.4, 0.5) is 0 Å². The lowest BCUT2D eigenvalue weighted by Crippen LogP contribution is -2.40. The molecule has 0 aliphatic rings. The summed E-state index contributed by atoms with van der Waals surface area (Å²) in [5.74, 6) is -0.774. The molecule has 0 bridgehead atoms. The number of hydrogen-bond acceptors (Lipinski definition) is 12. The van der Waals surface area contributed by atoms with E-state index in [1.165, 1.54) is 218 Å². The van der Waals surface area contributed by atoms with Crippen LogP contribution in [0.5, 0.6) is 0 Å². The summed E-state index contributed by atoms with van der Waals surface area (Å²) in [5.41, 5.74) is 0. The van der Waals surface area contributed by atoms with Gasteiger partial charge in [0.15, 0.2) is 0 Å². The van der Waals surface area contributed by atoms with Crippen LogP contribution in [-0.2, 0) is 47.7 Å². The van der Waals surface area contributed by atoms with Gasteiger partial charge in [-0.25, -0.2) is 0 Å². The van der Waals surface area contributed by atoms with Crippen LogP contribution in [0.3, 0.4) is 0 Å². The number of carbonyl (C=O) groups excluding carboxylic acids is 6. The third-order valence-electron chi connectivity index (χ3n) is 22.6. The zero-order valence-corrected chi connectivity index (χ0v) is 73.7. The molecule has 0 saturated heterocycles. The Kier molecular flexibility index (Phi) is 81.6. The smallest absolute Gasteiger partial charge is 0.306 e. The number of rotatable bonds is 88. The van der Waals surface area contributed by atoms with Crippen molar-refractivity contribution >= 4 is 35.7 Å². The topological polar surface area (TPSA) is 170 Å². The average molecular weight is 1540 g/mol. The van der Waals surface area contributed by atoms with Crippen LogP contribution in [0.25, 0.3) is 0 Å². The summed E-state index contributed by atoms with van der Waals surface area (Å²) in [7, 11) is 0. The molecule has 2 unspecified atom stereocenters. The number of unbranched alkanes of at least 4 members (excludes halogenated alkanes) is 46. The molecule has 644 valence electrons. The predicted octanol–water partition coefficient (Wildman–Crippen LogP) is 26.5. The minimum atomic E-state index is -0.276. The van der Waals surface area contributed by atoms with Crippen LogP contribution >= 0.6 is 0 Å². The first-order chi connectivity index (χ1) is 53.4. The summed E-state index contributed by atoms with van der Waals surface area (Å²) in [6.07, 6.45) is 74.9. The van der Waals surface area contributed by atoms with Crippen LogP contribution in [0.1, 0.15) is 498 Å². The van der Waals surface area contributed by atoms with Gasteiger partial charge in [-0.2, -0.15) is 0 Å². The van der Waals surface area contributed by atoms with E-state index in [9.17, 15) is 28.8 Å². The first-order valence-corrected chi connectivity index (χ1v) is 48.1. The average Bonchev–Trinajstić information content (AvgIpc) is 1.02. The van der Waals surface area contributed by atoms with Gasteiger partial charge >= 0.3 is 23.9 Å². The Morgan fingerprint density at radius 3 is 0.633 bits per heavy atom. The molecule has 14 nitrogen and oxygen atoms in total. The van der Waals surface area contributed by atoms with Crippen molar-refractivity contribution in [3.63, 3.8) is 0 Å². The molecule has 0 radical (unpaired) electrons. The largest absolute Gasteiger partial charge is 0.462 e. The molecule has 2 amide bonds. The Bertz CT molecular complexity index is 1830. The van der Waals surface area contributed by atoms with E-state index in [-0.39, 0.29) is 66.5 Å². The van der Waals surface area contributed by atoms with Gasteiger partial charge in [-0.05, 0) is 167 Å². The first-order valence-electron chi connectivity index (χ1n) is 48.1. The van der Waals surface area contributed by atoms with Gasteiger partial charge in [0, 0.05) is 51.9 Å². The highest BCUT2D eigenvalue weighted by Crippen LogP contribution is 2.23. The van der Waals surface area contributed by atoms with Gasteiger partial charge < -0.3 is 39.4 Å². The zero-order chi connectivity index (χ0) is 79.6. The minimum Gasteiger partial charge on any atom is -0.462 e. The van der Waals surface area contributed by atoms with Gasteiger partial charge in [-0.3, -0.25) is 28.8 Å². The van der Waals surface area contributed by atoms with Gasteiger partial charge in [0.1, 0.15) is 30.8 Å². The van der Waals surface area contributed by atoms with E-state index < -0.39 is 0 Å². The second kappa shape index (κ2) is 84.1. The summed E-state index contributed by atoms with van der Waals surface area (Å²) in [6, 6.07) is 0. The molecule has 109 heavy (non-hydrogen) atoms. The monoisotopic (exact) mass is 1540 g/mol. The Labute approximate surface area is 675 Å². The molecule has 0 aliphatic heterocycles. The lowest BCUT2D eigenvalue weighted by molar-refractivity contribution is -0.151. The number of nitrogens with one attached hydrogen (secondary N) is 2. The van der Waals surface area contributed by atoms with E-state index in [0.717, 1.165) is 219 Å². The fourth-order valence-electron chi connectivity index (χ4n) is 15.3. The molecule has 2 N–H and O–H groups in total. The van der Waals surface area contributed by atoms with Crippen molar-refractivity contribution in [3.05, 3.63) is 0 Å². The Morgan fingerprint density at radius 1 is 0.220 bits per heavy atom. The van der Waals surface area contributed by atoms with Crippen LogP contribution in [0.15, 0.2) is 0 Å². The summed E-state index contributed by atoms with van der Waals surface area (Å²) >= 11 is 0. The van der Waals surface area contributed by atoms with Crippen LogP contribution in [0.2, 0.25) is 0 Å². The van der Waals surface area contributed by atoms with Crippen molar-refractivity contribution in [2.75, 3.05) is 52.4 Å². The first kappa shape index (κ1) is 106. The van der Waals surface area contributed by atoms with Gasteiger partial charge in [-0.15, -0.1) is 0 Å². The van der Waals surface area contributed by atoms with Crippen molar-refractivity contribution < 1.29 is 47.7 Å². The Hall–Kier alpha value is -3.26. The summed E-state index contributed by atoms with van der Waals surface area (Å²) in [4.78, 5) is 83.8. The van der Waals surface area contributed by atoms with Gasteiger partial charge in [0.2, 0.25) is 11.8 Å². The van der Waals surface area contributed by atoms with E-state index in [1.807, 2.05) is 0 Å². The Balaban J connectivity index is 5.62. The van der Waals surface area contributed by atoms with E-state index in [1.54, 1.807) is 0 Å². The third-order valence-corrected chi connectivity index (χ3v) is 22.6. The van der Waals surface area contributed by atoms with Gasteiger partial charge in [-0.1, -0.05) is 325 Å². The molecule has 0 saturated carbocycles. The molecule has 2 atom stereocenters. The number of hydrogen-bond donors (Lipinski definition) is 2. The van der Waals surface area contributed by atoms with Gasteiger partial charge in [0.05, 0.1) is 0 Å². The number of ether oxygens (including phenoxy) is 4. The maximum atomic E-state index is 13.4. The summed E-state index contributed by atoms with van der Waals surface area (Å²) in [5, 5.41) is 6.11. The van der Waals surface area contributed by atoms with Crippen LogP contribution in [0, 0.1) is 0 Å². The number of nitrogens with zero attached hydrogens (tertiary/aromatic N) is 2. The van der Waals surface area contributed by atoms with Crippen LogP contribution < -0.4 is 10.6 Å². The number of carbonyl (C=O) groups is 6. The standard InChI is InChI=1S/C95H184N4O10/c1-9-17-23-29-35-37-45-53-67-86(15-7)106-92(102)75-61-51-65-81-98(79-63-49-39-47-59-73-94(104)108-88(69-55-41-31-25-19-11-3)70-56-42-32-26-20-12-4)83-77-96-90(100)85-91(101)97-78-84-99(82-66-52-62-76-93(103)107-87(16-8)68-54-46-38-36-30-24-18-10-2)80-64-50-40-48-60-74-95(105)109-89(71-57-43-33-27-21-13-5)72-58-44-34-28-22-14-6/h86-89H,9-85H2,1-8H3,(H,96,100)(H,97,101). The number of amides is 2. The fraction of sp³-hybridized carbons (Fsp3) is 0.937. The lowest BCUT2D eigenvalue weighted by Gasteiger charge is -2.23. The van der Waals surface area contributed by atoms with Gasteiger partial charge in [0.25, 0.3) is 0 Å². The van der Waals surface area contributed by atoms with E-state index in [0.29, 0.717) is 51.9 Å². The van der Waals surface area contributed by atoms with E-state index >= 15 is 0 Å². The SMILES string of the molecule is CCCCCCCCCCC(CC)OC(=O)CCCCCN(CCCCCCCC(=O)OC(CCCCCCCC)CCCCCCCC)CCNC(=O)CC(=O)NCCN(CCCCCCCC(=O)OC(CCCCCCCC)CCCCCCCC)CCCCCC(=O)OC(CC)CCCCCCCCCC. The molecular formula is C95H184N4O10. The summed E-state index contributed by atoms with van der Waals surface area (Å²) in [6.45, 7) is 23.6. The Morgan fingerprint density at radius 2 is 0.404 bits per heavy atom. The fourth-order valence-corrected chi connectivity index (χ4v) is 15.3. The quantitative estimate of drug-likeness (QED) is 0.0256. The normalized spacial score (nSPS) is 12.2. The zero-order valence-electron chi connectivity index (χ0n) is 73.7. The number of esters is 4. The second-order valence-electron chi connectivity index (χ2n) is 33.2. The molecule has 0 spiro atoms. The predicted molar refractivity (Wildman–Crippen MR) is 462 cm³/mol. The molecule has 0 aliphatic carbocycles. The highest BCUT2D eigenvalue weighted by Gasteiger charge is 2.20. The molecular weight excluding hydrogens is 1360 g/mol. The molecule has 0 aromatic rings.